The summed E-state index contributed by atoms with van der Waals surface area (Å²) in [5, 5.41) is 18.3. The molecule has 0 saturated heterocycles. The summed E-state index contributed by atoms with van der Waals surface area (Å²) in [6.07, 6.45) is -1.79. The summed E-state index contributed by atoms with van der Waals surface area (Å²) < 4.78 is 23.2. The number of methoxy groups -OCH3 is 2. The minimum Gasteiger partial charge on any atom is -0.492 e. The number of hydrogen-bond donors (Lipinski definition) is 2. The Hall–Kier alpha value is -1.82. The first-order valence-electron chi connectivity index (χ1n) is 4.75. The predicted molar refractivity (Wildman–Crippen MR) is 56.8 cm³/mol. The van der Waals surface area contributed by atoms with Crippen molar-refractivity contribution in [2.75, 3.05) is 14.2 Å². The molecule has 0 aliphatic rings. The quantitative estimate of drug-likeness (QED) is 0.834. The van der Waals surface area contributed by atoms with Crippen LogP contribution >= 0.6 is 0 Å². The molecule has 0 aromatic heterocycles. The number of benzene rings is 1. The highest BCUT2D eigenvalue weighted by Crippen LogP contribution is 2.39. The Morgan fingerprint density at radius 1 is 1.35 bits per heavy atom. The highest BCUT2D eigenvalue weighted by Gasteiger charge is 2.27. The van der Waals surface area contributed by atoms with Gasteiger partial charge < -0.3 is 19.7 Å². The van der Waals surface area contributed by atoms with E-state index in [2.05, 4.69) is 0 Å². The molecule has 0 spiro atoms. The summed E-state index contributed by atoms with van der Waals surface area (Å²) in [5.41, 5.74) is 0.258. The van der Waals surface area contributed by atoms with Crippen LogP contribution in [0, 0.1) is 12.7 Å². The highest BCUT2D eigenvalue weighted by molar-refractivity contribution is 5.76. The van der Waals surface area contributed by atoms with E-state index in [1.54, 1.807) is 0 Å². The Bertz CT molecular complexity index is 444. The van der Waals surface area contributed by atoms with Crippen molar-refractivity contribution < 1.29 is 28.9 Å². The van der Waals surface area contributed by atoms with Crippen LogP contribution in [0.15, 0.2) is 6.07 Å². The van der Waals surface area contributed by atoms with E-state index in [-0.39, 0.29) is 22.6 Å². The van der Waals surface area contributed by atoms with Crippen LogP contribution in [0.3, 0.4) is 0 Å². The maximum Gasteiger partial charge on any atom is 0.337 e. The molecular weight excluding hydrogens is 231 g/mol. The Kier molecular flexibility index (Phi) is 3.90. The lowest BCUT2D eigenvalue weighted by atomic mass is 10.0. The molecule has 0 heterocycles. The van der Waals surface area contributed by atoms with Crippen molar-refractivity contribution in [2.45, 2.75) is 13.0 Å². The fourth-order valence-corrected chi connectivity index (χ4v) is 1.60. The first kappa shape index (κ1) is 13.2. The van der Waals surface area contributed by atoms with E-state index in [0.717, 1.165) is 6.07 Å². The van der Waals surface area contributed by atoms with E-state index in [1.165, 1.54) is 21.1 Å². The summed E-state index contributed by atoms with van der Waals surface area (Å²) >= 11 is 0. The normalized spacial score (nSPS) is 12.1. The van der Waals surface area contributed by atoms with Crippen LogP contribution in [0.25, 0.3) is 0 Å². The Morgan fingerprint density at radius 2 is 1.88 bits per heavy atom. The lowest BCUT2D eigenvalue weighted by Gasteiger charge is -2.17. The third-order valence-electron chi connectivity index (χ3n) is 2.35. The van der Waals surface area contributed by atoms with Crippen molar-refractivity contribution in [3.8, 4) is 11.5 Å². The highest BCUT2D eigenvalue weighted by atomic mass is 19.1. The van der Waals surface area contributed by atoms with E-state index in [9.17, 15) is 14.3 Å². The molecule has 0 aliphatic carbocycles. The van der Waals surface area contributed by atoms with Gasteiger partial charge in [-0.2, -0.15) is 0 Å². The van der Waals surface area contributed by atoms with Crippen molar-refractivity contribution in [1.82, 2.24) is 0 Å². The van der Waals surface area contributed by atoms with E-state index in [1.807, 2.05) is 0 Å². The van der Waals surface area contributed by atoms with Crippen LogP contribution in [0.2, 0.25) is 0 Å². The topological polar surface area (TPSA) is 76.0 Å². The molecule has 1 unspecified atom stereocenters. The van der Waals surface area contributed by atoms with Gasteiger partial charge in [-0.15, -0.1) is 0 Å². The number of ether oxygens (including phenoxy) is 2. The van der Waals surface area contributed by atoms with Gasteiger partial charge in [-0.1, -0.05) is 0 Å². The first-order chi connectivity index (χ1) is 7.93. The molecule has 17 heavy (non-hydrogen) atoms. The molecule has 0 radical (unpaired) electrons. The maximum atomic E-state index is 13.5. The lowest BCUT2D eigenvalue weighted by molar-refractivity contribution is -0.147. The molecule has 1 rings (SSSR count). The van der Waals surface area contributed by atoms with Gasteiger partial charge in [0.2, 0.25) is 0 Å². The number of aliphatic carboxylic acids is 1. The fourth-order valence-electron chi connectivity index (χ4n) is 1.60. The minimum absolute atomic E-state index is 0.0155. The van der Waals surface area contributed by atoms with Crippen molar-refractivity contribution in [2.24, 2.45) is 0 Å². The number of halogens is 1. The van der Waals surface area contributed by atoms with E-state index in [0.29, 0.717) is 0 Å². The summed E-state index contributed by atoms with van der Waals surface area (Å²) in [5.74, 6) is -2.46. The molecule has 0 fully saturated rings. The third-order valence-corrected chi connectivity index (χ3v) is 2.35. The largest absolute Gasteiger partial charge is 0.492 e. The van der Waals surface area contributed by atoms with Crippen LogP contribution in [-0.2, 0) is 4.79 Å². The second-order valence-electron chi connectivity index (χ2n) is 3.40. The van der Waals surface area contributed by atoms with Gasteiger partial charge in [0.1, 0.15) is 0 Å². The molecule has 5 nitrogen and oxygen atoms in total. The standard InChI is InChI=1S/C11H13FO5/c1-5-4-6(12)9(16-2)10(17-3)7(5)8(13)11(14)15/h4,8,13H,1-3H3,(H,14,15). The van der Waals surface area contributed by atoms with Gasteiger partial charge in [-0.25, -0.2) is 9.18 Å². The number of rotatable bonds is 4. The Labute approximate surface area is 97.4 Å². The number of aryl methyl sites for hydroxylation is 1. The van der Waals surface area contributed by atoms with Crippen LogP contribution in [-0.4, -0.2) is 30.4 Å². The maximum absolute atomic E-state index is 13.5. The molecule has 0 amide bonds. The fraction of sp³-hybridized carbons (Fsp3) is 0.364. The summed E-state index contributed by atoms with van der Waals surface area (Å²) in [7, 11) is 2.47. The molecular formula is C11H13FO5. The molecule has 2 N–H and O–H groups in total. The average Bonchev–Trinajstić information content (AvgIpc) is 2.27. The van der Waals surface area contributed by atoms with Gasteiger partial charge in [0.25, 0.3) is 0 Å². The summed E-state index contributed by atoms with van der Waals surface area (Å²) in [6, 6.07) is 1.09. The summed E-state index contributed by atoms with van der Waals surface area (Å²) in [4.78, 5) is 10.8. The molecule has 1 aromatic rings. The number of aliphatic hydroxyl groups is 1. The average molecular weight is 244 g/mol. The zero-order valence-corrected chi connectivity index (χ0v) is 9.65. The van der Waals surface area contributed by atoms with Crippen LogP contribution in [0.4, 0.5) is 4.39 Å². The number of carbonyl (C=O) groups is 1. The molecule has 1 atom stereocenters. The van der Waals surface area contributed by atoms with Crippen LogP contribution in [0.5, 0.6) is 11.5 Å². The SMILES string of the molecule is COc1c(F)cc(C)c(C(O)C(=O)O)c1OC. The van der Waals surface area contributed by atoms with Gasteiger partial charge in [0.05, 0.1) is 14.2 Å². The number of carboxylic acid groups (broad SMARTS) is 1. The summed E-state index contributed by atoms with van der Waals surface area (Å²) in [6.45, 7) is 1.48. The van der Waals surface area contributed by atoms with Gasteiger partial charge >= 0.3 is 5.97 Å². The van der Waals surface area contributed by atoms with Crippen LogP contribution in [0.1, 0.15) is 17.2 Å². The number of aliphatic hydroxyl groups excluding tert-OH is 1. The van der Waals surface area contributed by atoms with E-state index >= 15 is 0 Å². The molecule has 1 aromatic carbocycles. The zero-order chi connectivity index (χ0) is 13.2. The van der Waals surface area contributed by atoms with Gasteiger partial charge in [0, 0.05) is 5.56 Å². The van der Waals surface area contributed by atoms with Crippen LogP contribution < -0.4 is 9.47 Å². The minimum atomic E-state index is -1.79. The van der Waals surface area contributed by atoms with Gasteiger partial charge in [0.15, 0.2) is 23.4 Å². The molecule has 0 aliphatic heterocycles. The van der Waals surface area contributed by atoms with Crippen molar-refractivity contribution in [1.29, 1.82) is 0 Å². The molecule has 6 heteroatoms. The van der Waals surface area contributed by atoms with Gasteiger partial charge in [-0.05, 0) is 18.6 Å². The van der Waals surface area contributed by atoms with Crippen molar-refractivity contribution >= 4 is 5.97 Å². The Balaban J connectivity index is 3.52. The lowest BCUT2D eigenvalue weighted by Crippen LogP contribution is -2.14. The third kappa shape index (κ3) is 2.31. The van der Waals surface area contributed by atoms with Gasteiger partial charge in [-0.3, -0.25) is 0 Å². The zero-order valence-electron chi connectivity index (χ0n) is 9.65. The Morgan fingerprint density at radius 3 is 2.29 bits per heavy atom. The second-order valence-corrected chi connectivity index (χ2v) is 3.40. The predicted octanol–water partition coefficient (Wildman–Crippen LogP) is 1.27. The van der Waals surface area contributed by atoms with E-state index in [4.69, 9.17) is 14.6 Å². The molecule has 0 saturated carbocycles. The molecule has 0 bridgehead atoms. The van der Waals surface area contributed by atoms with Crippen molar-refractivity contribution in [3.63, 3.8) is 0 Å². The van der Waals surface area contributed by atoms with Crippen molar-refractivity contribution in [3.05, 3.63) is 23.0 Å². The number of hydrogen-bond acceptors (Lipinski definition) is 4. The first-order valence-corrected chi connectivity index (χ1v) is 4.75. The molecule has 94 valence electrons. The monoisotopic (exact) mass is 244 g/mol. The number of carboxylic acids is 1. The second kappa shape index (κ2) is 5.01. The van der Waals surface area contributed by atoms with E-state index < -0.39 is 17.9 Å². The smallest absolute Gasteiger partial charge is 0.337 e.